The Labute approximate surface area is 65.4 Å². The van der Waals surface area contributed by atoms with Crippen molar-refractivity contribution in [2.45, 2.75) is 12.3 Å². The topological polar surface area (TPSA) is 74.9 Å². The number of aromatic amines is 1. The smallest absolute Gasteiger partial charge is 0.0538 e. The number of aromatic nitrogens is 2. The quantitative estimate of drug-likeness (QED) is 0.557. The van der Waals surface area contributed by atoms with Crippen molar-refractivity contribution in [2.24, 2.45) is 5.73 Å². The van der Waals surface area contributed by atoms with Crippen LogP contribution in [0.2, 0.25) is 0 Å². The second-order valence-corrected chi connectivity index (χ2v) is 2.91. The molecule has 1 unspecified atom stereocenters. The molecule has 0 spiro atoms. The van der Waals surface area contributed by atoms with Gasteiger partial charge in [0.2, 0.25) is 0 Å². The normalized spacial score (nSPS) is 16.3. The lowest BCUT2D eigenvalue weighted by Crippen LogP contribution is -2.35. The van der Waals surface area contributed by atoms with Crippen LogP contribution in [0, 0.1) is 0 Å². The molecular weight excluding hydrogens is 142 g/mol. The van der Waals surface area contributed by atoms with Gasteiger partial charge in [-0.3, -0.25) is 5.10 Å². The summed E-state index contributed by atoms with van der Waals surface area (Å²) < 4.78 is 0. The first-order valence-electron chi connectivity index (χ1n) is 3.53. The van der Waals surface area contributed by atoms with Gasteiger partial charge in [-0.05, 0) is 5.56 Å². The molecular formula is C7H13N3O. The van der Waals surface area contributed by atoms with Gasteiger partial charge in [-0.25, -0.2) is 0 Å². The van der Waals surface area contributed by atoms with Crippen molar-refractivity contribution in [3.05, 3.63) is 18.0 Å². The fraction of sp³-hybridized carbons (Fsp3) is 0.571. The molecule has 62 valence electrons. The molecule has 0 aromatic carbocycles. The Morgan fingerprint density at radius 3 is 2.91 bits per heavy atom. The zero-order chi connectivity index (χ0) is 8.32. The van der Waals surface area contributed by atoms with Crippen molar-refractivity contribution < 1.29 is 5.11 Å². The summed E-state index contributed by atoms with van der Waals surface area (Å²) in [7, 11) is 0. The van der Waals surface area contributed by atoms with Crippen LogP contribution in [0.4, 0.5) is 0 Å². The van der Waals surface area contributed by atoms with Crippen LogP contribution in [-0.2, 0) is 5.41 Å². The number of hydrogen-bond donors (Lipinski definition) is 3. The van der Waals surface area contributed by atoms with Crippen LogP contribution in [0.5, 0.6) is 0 Å². The lowest BCUT2D eigenvalue weighted by molar-refractivity contribution is 0.210. The van der Waals surface area contributed by atoms with Crippen molar-refractivity contribution in [1.29, 1.82) is 0 Å². The van der Waals surface area contributed by atoms with E-state index in [2.05, 4.69) is 10.2 Å². The molecule has 0 aliphatic heterocycles. The van der Waals surface area contributed by atoms with Crippen molar-refractivity contribution in [3.8, 4) is 0 Å². The van der Waals surface area contributed by atoms with Gasteiger partial charge in [-0.1, -0.05) is 6.92 Å². The summed E-state index contributed by atoms with van der Waals surface area (Å²) in [5.41, 5.74) is 6.10. The van der Waals surface area contributed by atoms with Crippen LogP contribution in [0.25, 0.3) is 0 Å². The van der Waals surface area contributed by atoms with Crippen LogP contribution < -0.4 is 5.73 Å². The molecule has 1 heterocycles. The van der Waals surface area contributed by atoms with E-state index in [1.807, 2.05) is 6.92 Å². The average Bonchev–Trinajstić information content (AvgIpc) is 2.55. The minimum atomic E-state index is -0.354. The fourth-order valence-corrected chi connectivity index (χ4v) is 0.855. The summed E-state index contributed by atoms with van der Waals surface area (Å²) in [6.45, 7) is 2.37. The minimum Gasteiger partial charge on any atom is -0.395 e. The highest BCUT2D eigenvalue weighted by Gasteiger charge is 2.24. The van der Waals surface area contributed by atoms with E-state index in [0.717, 1.165) is 5.56 Å². The van der Waals surface area contributed by atoms with Gasteiger partial charge in [0.05, 0.1) is 12.8 Å². The summed E-state index contributed by atoms with van der Waals surface area (Å²) in [6, 6.07) is 0. The zero-order valence-electron chi connectivity index (χ0n) is 6.54. The van der Waals surface area contributed by atoms with Crippen LogP contribution in [0.15, 0.2) is 12.4 Å². The van der Waals surface area contributed by atoms with Crippen molar-refractivity contribution in [2.75, 3.05) is 13.2 Å². The second kappa shape index (κ2) is 3.02. The summed E-state index contributed by atoms with van der Waals surface area (Å²) in [4.78, 5) is 0. The van der Waals surface area contributed by atoms with Crippen molar-refractivity contribution in [1.82, 2.24) is 10.2 Å². The molecule has 4 heteroatoms. The maximum atomic E-state index is 9.04. The van der Waals surface area contributed by atoms with Crippen LogP contribution >= 0.6 is 0 Å². The van der Waals surface area contributed by atoms with Gasteiger partial charge in [-0.2, -0.15) is 5.10 Å². The number of nitrogens with two attached hydrogens (primary N) is 1. The van der Waals surface area contributed by atoms with Crippen LogP contribution in [-0.4, -0.2) is 28.5 Å². The molecule has 0 saturated carbocycles. The molecule has 1 rings (SSSR count). The van der Waals surface area contributed by atoms with E-state index in [0.29, 0.717) is 6.54 Å². The standard InChI is InChI=1S/C7H13N3O/c1-7(4-8,5-11)6-2-9-10-3-6/h2-3,11H,4-5,8H2,1H3,(H,9,10). The molecule has 0 radical (unpaired) electrons. The number of nitrogens with zero attached hydrogens (tertiary/aromatic N) is 1. The molecule has 11 heavy (non-hydrogen) atoms. The van der Waals surface area contributed by atoms with E-state index in [1.54, 1.807) is 12.4 Å². The van der Waals surface area contributed by atoms with E-state index in [9.17, 15) is 0 Å². The average molecular weight is 155 g/mol. The molecule has 1 atom stereocenters. The first-order valence-corrected chi connectivity index (χ1v) is 3.53. The lowest BCUT2D eigenvalue weighted by Gasteiger charge is -2.23. The Kier molecular flexibility index (Phi) is 2.26. The van der Waals surface area contributed by atoms with E-state index in [1.165, 1.54) is 0 Å². The Balaban J connectivity index is 2.87. The third kappa shape index (κ3) is 1.41. The van der Waals surface area contributed by atoms with Gasteiger partial charge in [-0.15, -0.1) is 0 Å². The van der Waals surface area contributed by atoms with Crippen LogP contribution in [0.3, 0.4) is 0 Å². The molecule has 0 aliphatic carbocycles. The highest BCUT2D eigenvalue weighted by atomic mass is 16.3. The monoisotopic (exact) mass is 155 g/mol. The third-order valence-electron chi connectivity index (χ3n) is 1.99. The molecule has 0 fully saturated rings. The van der Waals surface area contributed by atoms with E-state index in [-0.39, 0.29) is 12.0 Å². The van der Waals surface area contributed by atoms with E-state index >= 15 is 0 Å². The summed E-state index contributed by atoms with van der Waals surface area (Å²) in [5, 5.41) is 15.5. The van der Waals surface area contributed by atoms with Gasteiger partial charge in [0.15, 0.2) is 0 Å². The Bertz CT molecular complexity index is 203. The number of nitrogens with one attached hydrogen (secondary N) is 1. The van der Waals surface area contributed by atoms with Gasteiger partial charge in [0.25, 0.3) is 0 Å². The van der Waals surface area contributed by atoms with E-state index in [4.69, 9.17) is 10.8 Å². The molecule has 1 aromatic rings. The predicted octanol–water partition coefficient (Wildman–Crippen LogP) is -0.382. The van der Waals surface area contributed by atoms with Gasteiger partial charge in [0.1, 0.15) is 0 Å². The molecule has 0 amide bonds. The number of aliphatic hydroxyl groups excluding tert-OH is 1. The van der Waals surface area contributed by atoms with Gasteiger partial charge < -0.3 is 10.8 Å². The molecule has 0 saturated heterocycles. The number of H-pyrrole nitrogens is 1. The molecule has 0 bridgehead atoms. The summed E-state index contributed by atoms with van der Waals surface area (Å²) in [5.74, 6) is 0. The van der Waals surface area contributed by atoms with E-state index < -0.39 is 0 Å². The first kappa shape index (κ1) is 8.23. The summed E-state index contributed by atoms with van der Waals surface area (Å²) in [6.07, 6.45) is 3.44. The summed E-state index contributed by atoms with van der Waals surface area (Å²) >= 11 is 0. The number of hydrogen-bond acceptors (Lipinski definition) is 3. The number of aliphatic hydroxyl groups is 1. The molecule has 4 nitrogen and oxygen atoms in total. The van der Waals surface area contributed by atoms with Gasteiger partial charge in [0, 0.05) is 18.2 Å². The first-order chi connectivity index (χ1) is 5.23. The highest BCUT2D eigenvalue weighted by molar-refractivity contribution is 5.18. The molecule has 4 N–H and O–H groups in total. The zero-order valence-corrected chi connectivity index (χ0v) is 6.54. The lowest BCUT2D eigenvalue weighted by atomic mass is 9.86. The molecule has 1 aromatic heterocycles. The van der Waals surface area contributed by atoms with Gasteiger partial charge >= 0.3 is 0 Å². The van der Waals surface area contributed by atoms with Crippen molar-refractivity contribution in [3.63, 3.8) is 0 Å². The largest absolute Gasteiger partial charge is 0.395 e. The Morgan fingerprint density at radius 1 is 1.82 bits per heavy atom. The Morgan fingerprint density at radius 2 is 2.55 bits per heavy atom. The minimum absolute atomic E-state index is 0.0447. The predicted molar refractivity (Wildman–Crippen MR) is 42.1 cm³/mol. The van der Waals surface area contributed by atoms with Crippen LogP contribution in [0.1, 0.15) is 12.5 Å². The Hall–Kier alpha value is -0.870. The number of rotatable bonds is 3. The second-order valence-electron chi connectivity index (χ2n) is 2.91. The maximum absolute atomic E-state index is 9.04. The molecule has 0 aliphatic rings. The van der Waals surface area contributed by atoms with Crippen molar-refractivity contribution >= 4 is 0 Å². The third-order valence-corrected chi connectivity index (χ3v) is 1.99. The fourth-order valence-electron chi connectivity index (χ4n) is 0.855. The SMILES string of the molecule is CC(CN)(CO)c1cn[nH]c1. The highest BCUT2D eigenvalue weighted by Crippen LogP contribution is 2.19. The maximum Gasteiger partial charge on any atom is 0.0538 e.